The third kappa shape index (κ3) is 1.82. The van der Waals surface area contributed by atoms with Gasteiger partial charge in [0.25, 0.3) is 0 Å². The first-order valence-electron chi connectivity index (χ1n) is 5.98. The number of esters is 1. The summed E-state index contributed by atoms with van der Waals surface area (Å²) in [4.78, 5) is 11.8. The SMILES string of the molecule is COC(=O)[C@]1(C)CCc2cc(O)c(C)c(C)c2O1. The minimum Gasteiger partial charge on any atom is -0.508 e. The summed E-state index contributed by atoms with van der Waals surface area (Å²) in [6.07, 6.45) is 1.24. The Morgan fingerprint density at radius 2 is 2.11 bits per heavy atom. The average molecular weight is 250 g/mol. The lowest BCUT2D eigenvalue weighted by atomic mass is 9.90. The van der Waals surface area contributed by atoms with E-state index >= 15 is 0 Å². The minimum absolute atomic E-state index is 0.275. The van der Waals surface area contributed by atoms with Crippen molar-refractivity contribution in [2.45, 2.75) is 39.2 Å². The van der Waals surface area contributed by atoms with Gasteiger partial charge in [0, 0.05) is 6.42 Å². The van der Waals surface area contributed by atoms with Crippen LogP contribution in [0.4, 0.5) is 0 Å². The van der Waals surface area contributed by atoms with Gasteiger partial charge in [-0.1, -0.05) is 0 Å². The predicted molar refractivity (Wildman–Crippen MR) is 67.0 cm³/mol. The number of ether oxygens (including phenoxy) is 2. The summed E-state index contributed by atoms with van der Waals surface area (Å²) >= 11 is 0. The number of carbonyl (C=O) groups is 1. The van der Waals surface area contributed by atoms with Gasteiger partial charge in [-0.3, -0.25) is 0 Å². The van der Waals surface area contributed by atoms with E-state index in [1.54, 1.807) is 13.0 Å². The molecule has 1 atom stereocenters. The molecule has 1 aromatic carbocycles. The number of rotatable bonds is 1. The molecule has 0 amide bonds. The van der Waals surface area contributed by atoms with E-state index in [-0.39, 0.29) is 11.7 Å². The maximum Gasteiger partial charge on any atom is 0.349 e. The zero-order valence-corrected chi connectivity index (χ0v) is 11.2. The molecule has 0 saturated heterocycles. The number of aryl methyl sites for hydroxylation is 1. The van der Waals surface area contributed by atoms with E-state index in [2.05, 4.69) is 0 Å². The van der Waals surface area contributed by atoms with Gasteiger partial charge >= 0.3 is 5.97 Å². The molecule has 0 unspecified atom stereocenters. The van der Waals surface area contributed by atoms with Crippen molar-refractivity contribution in [3.63, 3.8) is 0 Å². The maximum absolute atomic E-state index is 11.8. The van der Waals surface area contributed by atoms with Crippen molar-refractivity contribution in [2.24, 2.45) is 0 Å². The Morgan fingerprint density at radius 3 is 2.72 bits per heavy atom. The summed E-state index contributed by atoms with van der Waals surface area (Å²) < 4.78 is 10.6. The zero-order valence-electron chi connectivity index (χ0n) is 11.2. The molecule has 1 aliphatic heterocycles. The van der Waals surface area contributed by atoms with Crippen LogP contribution in [-0.4, -0.2) is 23.8 Å². The average Bonchev–Trinajstić information content (AvgIpc) is 2.36. The van der Waals surface area contributed by atoms with Gasteiger partial charge in [-0.15, -0.1) is 0 Å². The molecule has 0 saturated carbocycles. The molecule has 0 fully saturated rings. The Labute approximate surface area is 107 Å². The highest BCUT2D eigenvalue weighted by atomic mass is 16.6. The lowest BCUT2D eigenvalue weighted by Gasteiger charge is -2.34. The highest BCUT2D eigenvalue weighted by Crippen LogP contribution is 2.40. The third-order valence-corrected chi connectivity index (χ3v) is 3.71. The second kappa shape index (κ2) is 4.19. The zero-order chi connectivity index (χ0) is 13.5. The van der Waals surface area contributed by atoms with Gasteiger partial charge < -0.3 is 14.6 Å². The summed E-state index contributed by atoms with van der Waals surface area (Å²) in [7, 11) is 1.36. The molecular weight excluding hydrogens is 232 g/mol. The van der Waals surface area contributed by atoms with Crippen LogP contribution in [0.2, 0.25) is 0 Å². The van der Waals surface area contributed by atoms with Crippen molar-refractivity contribution in [3.05, 3.63) is 22.8 Å². The monoisotopic (exact) mass is 250 g/mol. The largest absolute Gasteiger partial charge is 0.508 e. The van der Waals surface area contributed by atoms with Crippen molar-refractivity contribution in [2.75, 3.05) is 7.11 Å². The Kier molecular flexibility index (Phi) is 2.97. The van der Waals surface area contributed by atoms with Gasteiger partial charge in [0.05, 0.1) is 7.11 Å². The van der Waals surface area contributed by atoms with E-state index in [0.29, 0.717) is 18.6 Å². The Bertz CT molecular complexity index is 507. The maximum atomic E-state index is 11.8. The Balaban J connectivity index is 2.46. The lowest BCUT2D eigenvalue weighted by molar-refractivity contribution is -0.159. The lowest BCUT2D eigenvalue weighted by Crippen LogP contribution is -2.45. The fourth-order valence-electron chi connectivity index (χ4n) is 2.28. The van der Waals surface area contributed by atoms with Crippen LogP contribution in [0.15, 0.2) is 6.07 Å². The number of carbonyl (C=O) groups excluding carboxylic acids is 1. The highest BCUT2D eigenvalue weighted by Gasteiger charge is 2.41. The molecule has 0 aliphatic carbocycles. The molecule has 0 spiro atoms. The number of phenols is 1. The number of hydrogen-bond donors (Lipinski definition) is 1. The summed E-state index contributed by atoms with van der Waals surface area (Å²) in [5.74, 6) is 0.610. The molecule has 18 heavy (non-hydrogen) atoms. The van der Waals surface area contributed by atoms with Crippen LogP contribution >= 0.6 is 0 Å². The van der Waals surface area contributed by atoms with E-state index in [1.807, 2.05) is 13.8 Å². The van der Waals surface area contributed by atoms with Crippen LogP contribution < -0.4 is 4.74 Å². The summed E-state index contributed by atoms with van der Waals surface area (Å²) in [5.41, 5.74) is 1.66. The number of benzene rings is 1. The second-order valence-electron chi connectivity index (χ2n) is 4.96. The van der Waals surface area contributed by atoms with Gasteiger partial charge in [-0.05, 0) is 49.9 Å². The fraction of sp³-hybridized carbons (Fsp3) is 0.500. The van der Waals surface area contributed by atoms with Crippen LogP contribution in [0.1, 0.15) is 30.0 Å². The molecule has 1 N–H and O–H groups in total. The molecule has 4 nitrogen and oxygen atoms in total. The quantitative estimate of drug-likeness (QED) is 0.777. The second-order valence-corrected chi connectivity index (χ2v) is 4.96. The third-order valence-electron chi connectivity index (χ3n) is 3.71. The molecule has 0 aromatic heterocycles. The van der Waals surface area contributed by atoms with E-state index < -0.39 is 5.60 Å². The number of hydrogen-bond acceptors (Lipinski definition) is 4. The van der Waals surface area contributed by atoms with Crippen LogP contribution in [0.3, 0.4) is 0 Å². The van der Waals surface area contributed by atoms with Crippen molar-refractivity contribution in [3.8, 4) is 11.5 Å². The number of methoxy groups -OCH3 is 1. The molecule has 0 radical (unpaired) electrons. The fourth-order valence-corrected chi connectivity index (χ4v) is 2.28. The summed E-state index contributed by atoms with van der Waals surface area (Å²) in [6, 6.07) is 1.72. The standard InChI is InChI=1S/C14H18O4/c1-8-9(2)12-10(7-11(8)15)5-6-14(3,18-12)13(16)17-4/h7,15H,5-6H2,1-4H3/t14-/m0/s1. The van der Waals surface area contributed by atoms with Gasteiger partial charge in [-0.2, -0.15) is 0 Å². The van der Waals surface area contributed by atoms with E-state index in [0.717, 1.165) is 16.7 Å². The van der Waals surface area contributed by atoms with Gasteiger partial charge in [0.15, 0.2) is 0 Å². The van der Waals surface area contributed by atoms with Crippen molar-refractivity contribution in [1.29, 1.82) is 0 Å². The van der Waals surface area contributed by atoms with Crippen LogP contribution in [-0.2, 0) is 16.0 Å². The molecule has 1 heterocycles. The Hall–Kier alpha value is -1.71. The molecule has 1 aromatic rings. The van der Waals surface area contributed by atoms with Crippen LogP contribution in [0.25, 0.3) is 0 Å². The first-order valence-corrected chi connectivity index (χ1v) is 5.98. The molecule has 4 heteroatoms. The molecular formula is C14H18O4. The smallest absolute Gasteiger partial charge is 0.349 e. The molecule has 98 valence electrons. The van der Waals surface area contributed by atoms with Crippen molar-refractivity contribution in [1.82, 2.24) is 0 Å². The normalized spacial score (nSPS) is 22.0. The van der Waals surface area contributed by atoms with Gasteiger partial charge in [-0.25, -0.2) is 4.79 Å². The summed E-state index contributed by atoms with van der Waals surface area (Å²) in [5, 5.41) is 9.79. The van der Waals surface area contributed by atoms with E-state index in [4.69, 9.17) is 9.47 Å². The van der Waals surface area contributed by atoms with E-state index in [9.17, 15) is 9.90 Å². The number of aromatic hydroxyl groups is 1. The number of fused-ring (bicyclic) bond motifs is 1. The number of phenolic OH excluding ortho intramolecular Hbond substituents is 1. The first kappa shape index (κ1) is 12.7. The van der Waals surface area contributed by atoms with Gasteiger partial charge in [0.2, 0.25) is 5.60 Å². The summed E-state index contributed by atoms with van der Waals surface area (Å²) in [6.45, 7) is 5.46. The van der Waals surface area contributed by atoms with Crippen LogP contribution in [0.5, 0.6) is 11.5 Å². The molecule has 1 aliphatic rings. The van der Waals surface area contributed by atoms with Crippen molar-refractivity contribution >= 4 is 5.97 Å². The topological polar surface area (TPSA) is 55.8 Å². The van der Waals surface area contributed by atoms with Crippen LogP contribution in [0, 0.1) is 13.8 Å². The highest BCUT2D eigenvalue weighted by molar-refractivity contribution is 5.80. The molecule has 0 bridgehead atoms. The van der Waals surface area contributed by atoms with Gasteiger partial charge in [0.1, 0.15) is 11.5 Å². The van der Waals surface area contributed by atoms with E-state index in [1.165, 1.54) is 7.11 Å². The van der Waals surface area contributed by atoms with Crippen molar-refractivity contribution < 1.29 is 19.4 Å². The predicted octanol–water partition coefficient (Wildman–Crippen LogP) is 2.27. The molecule has 2 rings (SSSR count). The minimum atomic E-state index is -0.935. The Morgan fingerprint density at radius 1 is 1.44 bits per heavy atom. The first-order chi connectivity index (χ1) is 8.39.